The van der Waals surface area contributed by atoms with Crippen molar-refractivity contribution in [1.82, 2.24) is 4.57 Å². The maximum absolute atomic E-state index is 5.27. The Labute approximate surface area is 61.7 Å². The van der Waals surface area contributed by atoms with Crippen LogP contribution in [-0.4, -0.2) is 4.57 Å². The van der Waals surface area contributed by atoms with Gasteiger partial charge in [0.05, 0.1) is 5.92 Å². The van der Waals surface area contributed by atoms with Gasteiger partial charge in [0, 0.05) is 18.9 Å². The quantitative estimate of drug-likeness (QED) is 0.514. The molecule has 1 rings (SSSR count). The van der Waals surface area contributed by atoms with Crippen molar-refractivity contribution >= 4 is 0 Å². The Balaban J connectivity index is 2.96. The average molecular weight is 133 g/mol. The van der Waals surface area contributed by atoms with Crippen molar-refractivity contribution < 1.29 is 0 Å². The Morgan fingerprint density at radius 3 is 2.80 bits per heavy atom. The third kappa shape index (κ3) is 1.06. The molecule has 1 aromatic heterocycles. The Bertz CT molecular complexity index is 252. The lowest BCUT2D eigenvalue weighted by molar-refractivity contribution is 0.800. The highest BCUT2D eigenvalue weighted by atomic mass is 14.9. The van der Waals surface area contributed by atoms with Gasteiger partial charge in [0.25, 0.3) is 0 Å². The summed E-state index contributed by atoms with van der Waals surface area (Å²) in [7, 11) is 2.00. The molecule has 1 unspecified atom stereocenters. The van der Waals surface area contributed by atoms with Gasteiger partial charge in [-0.15, -0.1) is 6.42 Å². The van der Waals surface area contributed by atoms with Crippen molar-refractivity contribution in [2.75, 3.05) is 0 Å². The number of nitrogens with zero attached hydrogens (tertiary/aromatic N) is 1. The zero-order valence-electron chi connectivity index (χ0n) is 6.33. The molecule has 1 nitrogen and oxygen atoms in total. The van der Waals surface area contributed by atoms with Crippen LogP contribution in [0, 0.1) is 12.3 Å². The lowest BCUT2D eigenvalue weighted by Crippen LogP contribution is -1.97. The lowest BCUT2D eigenvalue weighted by atomic mass is 10.1. The Hall–Kier alpha value is -1.16. The first kappa shape index (κ1) is 6.95. The molecule has 0 saturated heterocycles. The van der Waals surface area contributed by atoms with E-state index >= 15 is 0 Å². The molecule has 1 atom stereocenters. The van der Waals surface area contributed by atoms with Gasteiger partial charge in [0.15, 0.2) is 0 Å². The number of hydrogen-bond acceptors (Lipinski definition) is 0. The van der Waals surface area contributed by atoms with E-state index < -0.39 is 0 Å². The first-order chi connectivity index (χ1) is 4.75. The zero-order valence-corrected chi connectivity index (χ0v) is 6.33. The third-order valence-electron chi connectivity index (χ3n) is 1.68. The highest BCUT2D eigenvalue weighted by Crippen LogP contribution is 2.12. The first-order valence-corrected chi connectivity index (χ1v) is 3.33. The van der Waals surface area contributed by atoms with Gasteiger partial charge in [-0.2, -0.15) is 0 Å². The van der Waals surface area contributed by atoms with E-state index in [0.717, 1.165) is 0 Å². The van der Waals surface area contributed by atoms with Crippen LogP contribution < -0.4 is 0 Å². The van der Waals surface area contributed by atoms with Gasteiger partial charge in [0.1, 0.15) is 0 Å². The summed E-state index contributed by atoms with van der Waals surface area (Å²) in [4.78, 5) is 0. The van der Waals surface area contributed by atoms with Crippen LogP contribution in [0.4, 0.5) is 0 Å². The van der Waals surface area contributed by atoms with Crippen molar-refractivity contribution in [3.63, 3.8) is 0 Å². The van der Waals surface area contributed by atoms with Crippen LogP contribution in [0.1, 0.15) is 18.5 Å². The molecular formula is C9H11N. The molecule has 0 bridgehead atoms. The molecule has 0 radical (unpaired) electrons. The van der Waals surface area contributed by atoms with Crippen molar-refractivity contribution in [3.8, 4) is 12.3 Å². The van der Waals surface area contributed by atoms with Crippen LogP contribution in [0.25, 0.3) is 0 Å². The van der Waals surface area contributed by atoms with E-state index in [1.54, 1.807) is 0 Å². The fourth-order valence-electron chi connectivity index (χ4n) is 1.01. The average Bonchev–Trinajstić information content (AvgIpc) is 2.34. The largest absolute Gasteiger partial charge is 0.353 e. The first-order valence-electron chi connectivity index (χ1n) is 3.33. The summed E-state index contributed by atoms with van der Waals surface area (Å²) in [6, 6.07) is 4.05. The van der Waals surface area contributed by atoms with Crippen LogP contribution in [0.3, 0.4) is 0 Å². The predicted octanol–water partition coefficient (Wildman–Crippen LogP) is 1.76. The Morgan fingerprint density at radius 1 is 1.70 bits per heavy atom. The number of hydrogen-bond donors (Lipinski definition) is 0. The summed E-state index contributed by atoms with van der Waals surface area (Å²) in [5.41, 5.74) is 1.20. The van der Waals surface area contributed by atoms with Crippen molar-refractivity contribution in [2.24, 2.45) is 7.05 Å². The maximum Gasteiger partial charge on any atom is 0.0574 e. The molecule has 0 aliphatic rings. The normalized spacial score (nSPS) is 12.5. The highest BCUT2D eigenvalue weighted by molar-refractivity contribution is 5.19. The van der Waals surface area contributed by atoms with E-state index in [2.05, 4.69) is 5.92 Å². The second kappa shape index (κ2) is 2.62. The zero-order chi connectivity index (χ0) is 7.56. The molecule has 0 fully saturated rings. The number of aryl methyl sites for hydroxylation is 1. The maximum atomic E-state index is 5.27. The smallest absolute Gasteiger partial charge is 0.0574 e. The number of rotatable bonds is 1. The molecule has 1 heteroatoms. The fourth-order valence-corrected chi connectivity index (χ4v) is 1.01. The Kier molecular flexibility index (Phi) is 1.82. The summed E-state index contributed by atoms with van der Waals surface area (Å²) in [5.74, 6) is 2.91. The van der Waals surface area contributed by atoms with E-state index in [1.165, 1.54) is 5.69 Å². The van der Waals surface area contributed by atoms with Crippen LogP contribution >= 0.6 is 0 Å². The van der Waals surface area contributed by atoms with Gasteiger partial charge in [-0.1, -0.05) is 5.92 Å². The third-order valence-corrected chi connectivity index (χ3v) is 1.68. The number of terminal acetylenes is 1. The Morgan fingerprint density at radius 2 is 2.40 bits per heavy atom. The summed E-state index contributed by atoms with van der Waals surface area (Å²) in [6.45, 7) is 2.02. The molecule has 10 heavy (non-hydrogen) atoms. The summed E-state index contributed by atoms with van der Waals surface area (Å²) in [5, 5.41) is 0. The van der Waals surface area contributed by atoms with E-state index in [9.17, 15) is 0 Å². The van der Waals surface area contributed by atoms with E-state index in [1.807, 2.05) is 36.9 Å². The summed E-state index contributed by atoms with van der Waals surface area (Å²) < 4.78 is 2.05. The van der Waals surface area contributed by atoms with Gasteiger partial charge < -0.3 is 4.57 Å². The minimum absolute atomic E-state index is 0.222. The molecular weight excluding hydrogens is 122 g/mol. The van der Waals surface area contributed by atoms with Crippen molar-refractivity contribution in [3.05, 3.63) is 24.0 Å². The van der Waals surface area contributed by atoms with E-state index in [4.69, 9.17) is 6.42 Å². The molecule has 1 heterocycles. The molecule has 0 N–H and O–H groups in total. The predicted molar refractivity (Wildman–Crippen MR) is 42.7 cm³/mol. The standard InChI is InChI=1S/C9H11N/c1-4-8(2)9-6-5-7-10(9)3/h1,5-8H,2-3H3. The van der Waals surface area contributed by atoms with Crippen LogP contribution in [0.15, 0.2) is 18.3 Å². The topological polar surface area (TPSA) is 4.93 Å². The fraction of sp³-hybridized carbons (Fsp3) is 0.333. The summed E-state index contributed by atoms with van der Waals surface area (Å²) in [6.07, 6.45) is 7.27. The molecule has 0 saturated carbocycles. The second-order valence-electron chi connectivity index (χ2n) is 2.43. The molecule has 0 amide bonds. The molecule has 0 spiro atoms. The van der Waals surface area contributed by atoms with Gasteiger partial charge in [-0.05, 0) is 19.1 Å². The monoisotopic (exact) mass is 133 g/mol. The molecule has 1 aromatic rings. The molecule has 0 aliphatic heterocycles. The SMILES string of the molecule is C#CC(C)c1cccn1C. The van der Waals surface area contributed by atoms with Crippen molar-refractivity contribution in [2.45, 2.75) is 12.8 Å². The molecule has 0 aliphatic carbocycles. The van der Waals surface area contributed by atoms with Gasteiger partial charge in [0.2, 0.25) is 0 Å². The van der Waals surface area contributed by atoms with Crippen LogP contribution in [-0.2, 0) is 7.05 Å². The van der Waals surface area contributed by atoms with Gasteiger partial charge in [-0.3, -0.25) is 0 Å². The second-order valence-corrected chi connectivity index (χ2v) is 2.43. The van der Waals surface area contributed by atoms with Gasteiger partial charge >= 0.3 is 0 Å². The van der Waals surface area contributed by atoms with E-state index in [-0.39, 0.29) is 5.92 Å². The van der Waals surface area contributed by atoms with Crippen LogP contribution in [0.2, 0.25) is 0 Å². The minimum Gasteiger partial charge on any atom is -0.353 e. The summed E-state index contributed by atoms with van der Waals surface area (Å²) >= 11 is 0. The van der Waals surface area contributed by atoms with E-state index in [0.29, 0.717) is 0 Å². The molecule has 0 aromatic carbocycles. The van der Waals surface area contributed by atoms with Crippen LogP contribution in [0.5, 0.6) is 0 Å². The number of aromatic nitrogens is 1. The highest BCUT2D eigenvalue weighted by Gasteiger charge is 2.02. The lowest BCUT2D eigenvalue weighted by Gasteiger charge is -2.04. The van der Waals surface area contributed by atoms with Gasteiger partial charge in [-0.25, -0.2) is 0 Å². The minimum atomic E-state index is 0.222. The van der Waals surface area contributed by atoms with Crippen molar-refractivity contribution in [1.29, 1.82) is 0 Å². The molecule has 52 valence electrons.